The van der Waals surface area contributed by atoms with E-state index in [1.165, 1.54) is 11.5 Å². The van der Waals surface area contributed by atoms with Crippen molar-refractivity contribution in [2.45, 2.75) is 13.3 Å². The summed E-state index contributed by atoms with van der Waals surface area (Å²) in [6, 6.07) is 0. The molecule has 0 aliphatic carbocycles. The van der Waals surface area contributed by atoms with Gasteiger partial charge in [-0.2, -0.15) is 4.37 Å². The predicted octanol–water partition coefficient (Wildman–Crippen LogP) is 0.713. The van der Waals surface area contributed by atoms with E-state index in [0.717, 1.165) is 31.2 Å². The molecule has 1 aliphatic heterocycles. The Hall–Kier alpha value is -0.680. The van der Waals surface area contributed by atoms with E-state index in [4.69, 9.17) is 5.73 Å². The zero-order chi connectivity index (χ0) is 9.31. The van der Waals surface area contributed by atoms with E-state index in [1.807, 2.05) is 0 Å². The summed E-state index contributed by atoms with van der Waals surface area (Å²) in [6.07, 6.45) is 2.77. The highest BCUT2D eigenvalue weighted by atomic mass is 32.1. The Kier molecular flexibility index (Phi) is 2.21. The number of nitrogens with zero attached hydrogens (tertiary/aromatic N) is 3. The van der Waals surface area contributed by atoms with Crippen LogP contribution < -0.4 is 10.6 Å². The first kappa shape index (κ1) is 8.90. The minimum atomic E-state index is 0.270. The highest BCUT2D eigenvalue weighted by molar-refractivity contribution is 7.09. The van der Waals surface area contributed by atoms with Gasteiger partial charge in [-0.05, 0) is 18.4 Å². The Bertz CT molecular complexity index is 274. The van der Waals surface area contributed by atoms with Gasteiger partial charge in [-0.1, -0.05) is 6.92 Å². The molecule has 4 nitrogen and oxygen atoms in total. The molecule has 2 N–H and O–H groups in total. The molecule has 0 amide bonds. The smallest absolute Gasteiger partial charge is 0.204 e. The number of hydrogen-bond donors (Lipinski definition) is 1. The molecule has 13 heavy (non-hydrogen) atoms. The topological polar surface area (TPSA) is 55.0 Å². The molecule has 1 saturated heterocycles. The van der Waals surface area contributed by atoms with Crippen LogP contribution >= 0.6 is 11.5 Å². The molecule has 0 spiro atoms. The predicted molar refractivity (Wildman–Crippen MR) is 53.9 cm³/mol. The van der Waals surface area contributed by atoms with Gasteiger partial charge in [0.25, 0.3) is 0 Å². The lowest BCUT2D eigenvalue weighted by atomic mass is 9.90. The molecule has 0 bridgehead atoms. The molecular weight excluding hydrogens is 184 g/mol. The fourth-order valence-corrected chi connectivity index (χ4v) is 2.21. The van der Waals surface area contributed by atoms with Gasteiger partial charge >= 0.3 is 0 Å². The lowest BCUT2D eigenvalue weighted by Crippen LogP contribution is -2.31. The van der Waals surface area contributed by atoms with Crippen molar-refractivity contribution in [1.29, 1.82) is 0 Å². The fraction of sp³-hybridized carbons (Fsp3) is 0.750. The third-order valence-electron chi connectivity index (χ3n) is 2.67. The number of hydrogen-bond acceptors (Lipinski definition) is 5. The van der Waals surface area contributed by atoms with E-state index in [0.29, 0.717) is 0 Å². The van der Waals surface area contributed by atoms with Crippen LogP contribution in [-0.2, 0) is 0 Å². The van der Waals surface area contributed by atoms with Crippen LogP contribution in [0.1, 0.15) is 13.3 Å². The van der Waals surface area contributed by atoms with Crippen molar-refractivity contribution in [2.75, 3.05) is 24.5 Å². The van der Waals surface area contributed by atoms with Gasteiger partial charge in [0.1, 0.15) is 6.33 Å². The summed E-state index contributed by atoms with van der Waals surface area (Å²) >= 11 is 1.46. The van der Waals surface area contributed by atoms with Crippen molar-refractivity contribution in [2.24, 2.45) is 11.1 Å². The molecule has 1 unspecified atom stereocenters. The van der Waals surface area contributed by atoms with Crippen molar-refractivity contribution >= 4 is 16.7 Å². The second kappa shape index (κ2) is 3.23. The molecule has 0 radical (unpaired) electrons. The average molecular weight is 198 g/mol. The van der Waals surface area contributed by atoms with Crippen molar-refractivity contribution < 1.29 is 0 Å². The van der Waals surface area contributed by atoms with Gasteiger partial charge in [-0.25, -0.2) is 4.98 Å². The van der Waals surface area contributed by atoms with Crippen LogP contribution in [-0.4, -0.2) is 29.0 Å². The molecular formula is C8H14N4S. The molecule has 1 aromatic rings. The van der Waals surface area contributed by atoms with Crippen LogP contribution in [0.2, 0.25) is 0 Å². The monoisotopic (exact) mass is 198 g/mol. The highest BCUT2D eigenvalue weighted by Crippen LogP contribution is 2.32. The van der Waals surface area contributed by atoms with Crippen molar-refractivity contribution in [3.63, 3.8) is 0 Å². The van der Waals surface area contributed by atoms with Gasteiger partial charge in [-0.3, -0.25) is 0 Å². The Morgan fingerprint density at radius 2 is 2.62 bits per heavy atom. The van der Waals surface area contributed by atoms with Gasteiger partial charge in [0.2, 0.25) is 5.13 Å². The molecule has 0 aromatic carbocycles. The van der Waals surface area contributed by atoms with Crippen LogP contribution in [0.15, 0.2) is 6.33 Å². The summed E-state index contributed by atoms with van der Waals surface area (Å²) in [5.41, 5.74) is 5.99. The molecule has 5 heteroatoms. The summed E-state index contributed by atoms with van der Waals surface area (Å²) in [7, 11) is 0. The van der Waals surface area contributed by atoms with E-state index in [9.17, 15) is 0 Å². The van der Waals surface area contributed by atoms with E-state index in [1.54, 1.807) is 6.33 Å². The van der Waals surface area contributed by atoms with Gasteiger partial charge in [0.15, 0.2) is 0 Å². The van der Waals surface area contributed by atoms with E-state index < -0.39 is 0 Å². The number of nitrogens with two attached hydrogens (primary N) is 1. The summed E-state index contributed by atoms with van der Waals surface area (Å²) in [5, 5.41) is 1.03. The van der Waals surface area contributed by atoms with Crippen LogP contribution in [0.3, 0.4) is 0 Å². The van der Waals surface area contributed by atoms with Gasteiger partial charge in [0, 0.05) is 24.6 Å². The SMILES string of the molecule is CC1(CN)CCN(c2ncns2)C1. The summed E-state index contributed by atoms with van der Waals surface area (Å²) in [4.78, 5) is 6.46. The molecule has 1 fully saturated rings. The van der Waals surface area contributed by atoms with E-state index >= 15 is 0 Å². The Morgan fingerprint density at radius 1 is 1.77 bits per heavy atom. The maximum Gasteiger partial charge on any atom is 0.204 e. The zero-order valence-corrected chi connectivity index (χ0v) is 8.55. The normalized spacial score (nSPS) is 28.3. The summed E-state index contributed by atoms with van der Waals surface area (Å²) < 4.78 is 4.00. The molecule has 2 rings (SSSR count). The Balaban J connectivity index is 2.07. The molecule has 1 aliphatic rings. The summed E-state index contributed by atoms with van der Waals surface area (Å²) in [6.45, 7) is 5.05. The van der Waals surface area contributed by atoms with Crippen molar-refractivity contribution in [3.05, 3.63) is 6.33 Å². The van der Waals surface area contributed by atoms with Crippen molar-refractivity contribution in [1.82, 2.24) is 9.36 Å². The zero-order valence-electron chi connectivity index (χ0n) is 7.73. The second-order valence-corrected chi connectivity index (χ2v) is 4.67. The third kappa shape index (κ3) is 1.66. The van der Waals surface area contributed by atoms with Gasteiger partial charge in [-0.15, -0.1) is 0 Å². The van der Waals surface area contributed by atoms with E-state index in [-0.39, 0.29) is 5.41 Å². The number of aromatic nitrogens is 2. The first-order valence-corrected chi connectivity index (χ1v) is 5.23. The molecule has 72 valence electrons. The van der Waals surface area contributed by atoms with Crippen LogP contribution in [0.4, 0.5) is 5.13 Å². The maximum atomic E-state index is 5.72. The Morgan fingerprint density at radius 3 is 3.15 bits per heavy atom. The molecule has 0 saturated carbocycles. The largest absolute Gasteiger partial charge is 0.346 e. The molecule has 1 aromatic heterocycles. The maximum absolute atomic E-state index is 5.72. The van der Waals surface area contributed by atoms with Crippen molar-refractivity contribution in [3.8, 4) is 0 Å². The molecule has 1 atom stereocenters. The number of anilines is 1. The van der Waals surface area contributed by atoms with Crippen LogP contribution in [0.25, 0.3) is 0 Å². The highest BCUT2D eigenvalue weighted by Gasteiger charge is 2.33. The fourth-order valence-electron chi connectivity index (χ4n) is 1.66. The quantitative estimate of drug-likeness (QED) is 0.760. The lowest BCUT2D eigenvalue weighted by Gasteiger charge is -2.21. The summed E-state index contributed by atoms with van der Waals surface area (Å²) in [5.74, 6) is 0. The van der Waals surface area contributed by atoms with Crippen LogP contribution in [0.5, 0.6) is 0 Å². The lowest BCUT2D eigenvalue weighted by molar-refractivity contribution is 0.383. The third-order valence-corrected chi connectivity index (χ3v) is 3.40. The van der Waals surface area contributed by atoms with Gasteiger partial charge in [0.05, 0.1) is 0 Å². The number of rotatable bonds is 2. The first-order valence-electron chi connectivity index (χ1n) is 4.45. The Labute approximate surface area is 81.9 Å². The van der Waals surface area contributed by atoms with Crippen LogP contribution in [0, 0.1) is 5.41 Å². The van der Waals surface area contributed by atoms with E-state index in [2.05, 4.69) is 21.2 Å². The minimum Gasteiger partial charge on any atom is -0.346 e. The standard InChI is InChI=1S/C8H14N4S/c1-8(4-9)2-3-12(5-8)7-10-6-11-13-7/h6H,2-5,9H2,1H3. The minimum absolute atomic E-state index is 0.270. The van der Waals surface area contributed by atoms with Gasteiger partial charge < -0.3 is 10.6 Å². The first-order chi connectivity index (χ1) is 6.23. The second-order valence-electron chi connectivity index (χ2n) is 3.91. The molecule has 2 heterocycles. The average Bonchev–Trinajstić information content (AvgIpc) is 2.73.